The molecule has 0 fully saturated rings. The van der Waals surface area contributed by atoms with E-state index in [0.717, 1.165) is 0 Å². The number of anilines is 2. The minimum atomic E-state index is 0.130. The monoisotopic (exact) mass is 360 g/mol. The highest BCUT2D eigenvalue weighted by Crippen LogP contribution is 2.42. The number of rotatable bonds is 5. The van der Waals surface area contributed by atoms with Crippen molar-refractivity contribution in [2.75, 3.05) is 50.6 Å². The van der Waals surface area contributed by atoms with Crippen LogP contribution in [0.1, 0.15) is 0 Å². The number of nitrogens with zero attached hydrogens (tertiary/aromatic N) is 2. The minimum Gasteiger partial charge on any atom is -0.506 e. The summed E-state index contributed by atoms with van der Waals surface area (Å²) in [6.07, 6.45) is 0. The van der Waals surface area contributed by atoms with Crippen LogP contribution >= 0.6 is 0 Å². The lowest BCUT2D eigenvalue weighted by Gasteiger charge is -2.26. The number of hydrogen-bond acceptors (Lipinski definition) is 8. The smallest absolute Gasteiger partial charge is 0.231 e. The van der Waals surface area contributed by atoms with Gasteiger partial charge in [-0.3, -0.25) is 0 Å². The molecule has 0 saturated carbocycles. The first kappa shape index (κ1) is 16.3. The second-order valence-electron chi connectivity index (χ2n) is 6.23. The summed E-state index contributed by atoms with van der Waals surface area (Å²) in [7, 11) is 3.76. The zero-order chi connectivity index (χ0) is 18.3. The maximum atomic E-state index is 10.2. The van der Waals surface area contributed by atoms with Gasteiger partial charge in [0.2, 0.25) is 13.6 Å². The summed E-state index contributed by atoms with van der Waals surface area (Å²) in [5.74, 6) is 2.58. The summed E-state index contributed by atoms with van der Waals surface area (Å²) >= 11 is 0. The van der Waals surface area contributed by atoms with Gasteiger partial charge in [-0.05, 0) is 0 Å². The van der Waals surface area contributed by atoms with Crippen LogP contribution in [0.5, 0.6) is 34.5 Å². The lowest BCUT2D eigenvalue weighted by atomic mass is 10.2. The normalized spacial score (nSPS) is 13.8. The number of ether oxygens (including phenoxy) is 4. The van der Waals surface area contributed by atoms with Gasteiger partial charge in [-0.25, -0.2) is 0 Å². The number of hydrogen-bond donors (Lipinski definition) is 2. The van der Waals surface area contributed by atoms with Gasteiger partial charge in [0, 0.05) is 51.5 Å². The second kappa shape index (κ2) is 6.29. The Hall–Kier alpha value is -3.16. The van der Waals surface area contributed by atoms with Crippen LogP contribution in [0.25, 0.3) is 0 Å². The lowest BCUT2D eigenvalue weighted by Crippen LogP contribution is -2.30. The summed E-state index contributed by atoms with van der Waals surface area (Å²) in [4.78, 5) is 3.83. The number of phenols is 2. The summed E-state index contributed by atoms with van der Waals surface area (Å²) in [6.45, 7) is 1.54. The van der Waals surface area contributed by atoms with Gasteiger partial charge in [-0.2, -0.15) is 0 Å². The Morgan fingerprint density at radius 3 is 1.42 bits per heavy atom. The molecule has 2 aliphatic heterocycles. The van der Waals surface area contributed by atoms with Gasteiger partial charge in [0.15, 0.2) is 23.0 Å². The Balaban J connectivity index is 1.46. The molecule has 2 aromatic rings. The van der Waals surface area contributed by atoms with Gasteiger partial charge in [0.25, 0.3) is 0 Å². The fraction of sp³-hybridized carbons (Fsp3) is 0.333. The molecule has 2 N–H and O–H groups in total. The first-order valence-electron chi connectivity index (χ1n) is 8.20. The van der Waals surface area contributed by atoms with Gasteiger partial charge in [0.1, 0.15) is 11.5 Å². The molecule has 8 nitrogen and oxygen atoms in total. The van der Waals surface area contributed by atoms with Crippen molar-refractivity contribution in [2.45, 2.75) is 0 Å². The van der Waals surface area contributed by atoms with Crippen molar-refractivity contribution in [1.29, 1.82) is 0 Å². The maximum Gasteiger partial charge on any atom is 0.231 e. The van der Waals surface area contributed by atoms with E-state index in [1.54, 1.807) is 24.3 Å². The van der Waals surface area contributed by atoms with E-state index in [-0.39, 0.29) is 25.1 Å². The Bertz CT molecular complexity index is 771. The topological polar surface area (TPSA) is 83.9 Å². The molecule has 2 heterocycles. The highest BCUT2D eigenvalue weighted by Gasteiger charge is 2.21. The van der Waals surface area contributed by atoms with Crippen molar-refractivity contribution >= 4 is 11.4 Å². The van der Waals surface area contributed by atoms with Gasteiger partial charge in [0.05, 0.1) is 11.4 Å². The van der Waals surface area contributed by atoms with E-state index in [1.165, 1.54) is 0 Å². The maximum absolute atomic E-state index is 10.2. The highest BCUT2D eigenvalue weighted by molar-refractivity contribution is 5.67. The summed E-state index contributed by atoms with van der Waals surface area (Å²) < 4.78 is 21.3. The quantitative estimate of drug-likeness (QED) is 0.839. The number of phenolic OH excluding ortho intramolecular Hbond substituents is 2. The lowest BCUT2D eigenvalue weighted by molar-refractivity contribution is 0.173. The van der Waals surface area contributed by atoms with Gasteiger partial charge in [-0.1, -0.05) is 0 Å². The van der Waals surface area contributed by atoms with Crippen molar-refractivity contribution in [2.24, 2.45) is 0 Å². The van der Waals surface area contributed by atoms with Crippen LogP contribution in [0.15, 0.2) is 24.3 Å². The van der Waals surface area contributed by atoms with Crippen LogP contribution in [0.4, 0.5) is 11.4 Å². The van der Waals surface area contributed by atoms with E-state index in [1.807, 2.05) is 23.9 Å². The molecule has 2 aliphatic rings. The molecule has 0 amide bonds. The van der Waals surface area contributed by atoms with Crippen molar-refractivity contribution < 1.29 is 29.2 Å². The molecule has 0 unspecified atom stereocenters. The highest BCUT2D eigenvalue weighted by atomic mass is 16.7. The predicted octanol–water partition coefficient (Wildman–Crippen LogP) is 2.13. The van der Waals surface area contributed by atoms with Crippen molar-refractivity contribution in [3.8, 4) is 34.5 Å². The standard InChI is InChI=1S/C18H20N2O6/c1-19(11-5-15-17(7-13(11)21)25-9-23-15)3-4-20(2)12-6-16-18(8-14(12)22)26-10-24-16/h5-8,21-22H,3-4,9-10H2,1-2H3. The summed E-state index contributed by atoms with van der Waals surface area (Å²) in [5, 5.41) is 20.4. The molecule has 0 aliphatic carbocycles. The zero-order valence-electron chi connectivity index (χ0n) is 14.6. The van der Waals surface area contributed by atoms with E-state index in [0.29, 0.717) is 47.5 Å². The number of aromatic hydroxyl groups is 2. The predicted molar refractivity (Wildman–Crippen MR) is 95.0 cm³/mol. The van der Waals surface area contributed by atoms with Crippen LogP contribution in [0, 0.1) is 0 Å². The van der Waals surface area contributed by atoms with Crippen molar-refractivity contribution in [1.82, 2.24) is 0 Å². The minimum absolute atomic E-state index is 0.130. The van der Waals surface area contributed by atoms with E-state index in [4.69, 9.17) is 18.9 Å². The first-order valence-corrected chi connectivity index (χ1v) is 8.20. The number of fused-ring (bicyclic) bond motifs is 2. The molecular formula is C18H20N2O6. The fourth-order valence-corrected chi connectivity index (χ4v) is 2.99. The third-order valence-corrected chi connectivity index (χ3v) is 4.53. The molecule has 0 saturated heterocycles. The van der Waals surface area contributed by atoms with Gasteiger partial charge in [-0.15, -0.1) is 0 Å². The average molecular weight is 360 g/mol. The van der Waals surface area contributed by atoms with Crippen LogP contribution in [0.3, 0.4) is 0 Å². The van der Waals surface area contributed by atoms with Crippen LogP contribution in [-0.4, -0.2) is 51.0 Å². The fourth-order valence-electron chi connectivity index (χ4n) is 2.99. The number of likely N-dealkylation sites (N-methyl/N-ethyl adjacent to an activating group) is 2. The van der Waals surface area contributed by atoms with Crippen molar-refractivity contribution in [3.05, 3.63) is 24.3 Å². The summed E-state index contributed by atoms with van der Waals surface area (Å²) in [5.41, 5.74) is 1.30. The molecule has 26 heavy (non-hydrogen) atoms. The Labute approximate surface area is 150 Å². The molecule has 0 bridgehead atoms. The average Bonchev–Trinajstić information content (AvgIpc) is 3.25. The third-order valence-electron chi connectivity index (χ3n) is 4.53. The molecule has 4 rings (SSSR count). The Morgan fingerprint density at radius 1 is 0.692 bits per heavy atom. The first-order chi connectivity index (χ1) is 12.5. The van der Waals surface area contributed by atoms with Gasteiger partial charge < -0.3 is 39.0 Å². The van der Waals surface area contributed by atoms with E-state index in [2.05, 4.69) is 0 Å². The van der Waals surface area contributed by atoms with E-state index in [9.17, 15) is 10.2 Å². The van der Waals surface area contributed by atoms with Gasteiger partial charge >= 0.3 is 0 Å². The Morgan fingerprint density at radius 2 is 1.04 bits per heavy atom. The molecular weight excluding hydrogens is 340 g/mol. The van der Waals surface area contributed by atoms with E-state index >= 15 is 0 Å². The SMILES string of the molecule is CN(CCN(C)c1cc2c(cc1O)OCO2)c1cc2c(cc1O)OCO2. The molecule has 0 atom stereocenters. The van der Waals surface area contributed by atoms with Crippen molar-refractivity contribution in [3.63, 3.8) is 0 Å². The molecule has 0 spiro atoms. The molecule has 0 radical (unpaired) electrons. The molecule has 8 heteroatoms. The third kappa shape index (κ3) is 2.83. The van der Waals surface area contributed by atoms with Crippen LogP contribution in [-0.2, 0) is 0 Å². The molecule has 2 aromatic carbocycles. The zero-order valence-corrected chi connectivity index (χ0v) is 14.6. The molecule has 138 valence electrons. The number of benzene rings is 2. The largest absolute Gasteiger partial charge is 0.506 e. The molecule has 0 aromatic heterocycles. The second-order valence-corrected chi connectivity index (χ2v) is 6.23. The summed E-state index contributed by atoms with van der Waals surface area (Å²) in [6, 6.07) is 6.63. The van der Waals surface area contributed by atoms with E-state index < -0.39 is 0 Å². The Kier molecular flexibility index (Phi) is 3.95. The van der Waals surface area contributed by atoms with Crippen LogP contribution in [0.2, 0.25) is 0 Å². The van der Waals surface area contributed by atoms with Crippen LogP contribution < -0.4 is 28.7 Å².